The average Bonchev–Trinajstić information content (AvgIpc) is 2.79. The van der Waals surface area contributed by atoms with Crippen molar-refractivity contribution in [2.45, 2.75) is 51.4 Å². The number of fused-ring (bicyclic) bond motifs is 1. The smallest absolute Gasteiger partial charge is 0.0994 e. The van der Waals surface area contributed by atoms with Crippen LogP contribution >= 0.6 is 0 Å². The second-order valence-corrected chi connectivity index (χ2v) is 5.24. The van der Waals surface area contributed by atoms with E-state index in [1.54, 1.807) is 0 Å². The second-order valence-electron chi connectivity index (χ2n) is 5.24. The van der Waals surface area contributed by atoms with Crippen LogP contribution in [0.25, 0.3) is 0 Å². The molecule has 2 nitrogen and oxygen atoms in total. The maximum Gasteiger partial charge on any atom is 0.0994 e. The van der Waals surface area contributed by atoms with Crippen molar-refractivity contribution in [2.24, 2.45) is 5.73 Å². The molecular formula is C16H22N2. The molecule has 1 aromatic rings. The summed E-state index contributed by atoms with van der Waals surface area (Å²) in [5.74, 6) is 0.613. The van der Waals surface area contributed by atoms with Gasteiger partial charge in [-0.1, -0.05) is 25.8 Å². The highest BCUT2D eigenvalue weighted by atomic mass is 14.5. The van der Waals surface area contributed by atoms with Crippen LogP contribution in [0, 0.1) is 11.3 Å². The predicted molar refractivity (Wildman–Crippen MR) is 74.5 cm³/mol. The van der Waals surface area contributed by atoms with E-state index in [0.717, 1.165) is 18.4 Å². The van der Waals surface area contributed by atoms with Gasteiger partial charge in [0.2, 0.25) is 0 Å². The van der Waals surface area contributed by atoms with Crippen molar-refractivity contribution >= 4 is 0 Å². The standard InChI is InChI=1S/C16H22N2/c1-2-3-4-13-5-6-14-9-12(7-8-17)10-15(11-18)16(13)14/h9-10,13H,2-8,17H2,1H3. The van der Waals surface area contributed by atoms with Crippen LogP contribution in [0.3, 0.4) is 0 Å². The Kier molecular flexibility index (Phi) is 4.38. The maximum absolute atomic E-state index is 9.36. The fraction of sp³-hybridized carbons (Fsp3) is 0.562. The molecule has 1 atom stereocenters. The van der Waals surface area contributed by atoms with E-state index in [-0.39, 0.29) is 0 Å². The normalized spacial score (nSPS) is 17.5. The van der Waals surface area contributed by atoms with E-state index in [4.69, 9.17) is 5.73 Å². The zero-order valence-corrected chi connectivity index (χ0v) is 11.2. The van der Waals surface area contributed by atoms with Gasteiger partial charge < -0.3 is 5.73 Å². The van der Waals surface area contributed by atoms with E-state index in [1.807, 2.05) is 0 Å². The highest BCUT2D eigenvalue weighted by molar-refractivity contribution is 5.50. The van der Waals surface area contributed by atoms with Gasteiger partial charge in [0.15, 0.2) is 0 Å². The summed E-state index contributed by atoms with van der Waals surface area (Å²) in [5, 5.41) is 9.36. The largest absolute Gasteiger partial charge is 0.330 e. The minimum atomic E-state index is 0.613. The van der Waals surface area contributed by atoms with Crippen molar-refractivity contribution in [3.63, 3.8) is 0 Å². The zero-order chi connectivity index (χ0) is 13.0. The van der Waals surface area contributed by atoms with Crippen molar-refractivity contribution in [3.8, 4) is 6.07 Å². The number of nitriles is 1. The van der Waals surface area contributed by atoms with Crippen LogP contribution in [0.1, 0.15) is 60.8 Å². The summed E-state index contributed by atoms with van der Waals surface area (Å²) >= 11 is 0. The lowest BCUT2D eigenvalue weighted by Gasteiger charge is -2.13. The van der Waals surface area contributed by atoms with Gasteiger partial charge in [0.1, 0.15) is 0 Å². The van der Waals surface area contributed by atoms with Crippen molar-refractivity contribution in [3.05, 3.63) is 34.4 Å². The highest BCUT2D eigenvalue weighted by Crippen LogP contribution is 2.39. The number of aryl methyl sites for hydroxylation is 1. The molecule has 0 heterocycles. The van der Waals surface area contributed by atoms with E-state index in [2.05, 4.69) is 25.1 Å². The Morgan fingerprint density at radius 2 is 2.28 bits per heavy atom. The molecule has 0 spiro atoms. The van der Waals surface area contributed by atoms with Crippen LogP contribution in [0.4, 0.5) is 0 Å². The molecule has 2 N–H and O–H groups in total. The fourth-order valence-electron chi connectivity index (χ4n) is 3.09. The Balaban J connectivity index is 2.31. The molecule has 0 fully saturated rings. The van der Waals surface area contributed by atoms with Crippen LogP contribution < -0.4 is 5.73 Å². The summed E-state index contributed by atoms with van der Waals surface area (Å²) in [4.78, 5) is 0. The molecule has 1 aliphatic carbocycles. The van der Waals surface area contributed by atoms with Gasteiger partial charge in [-0.05, 0) is 60.9 Å². The first-order chi connectivity index (χ1) is 8.80. The molecule has 0 saturated carbocycles. The van der Waals surface area contributed by atoms with Gasteiger partial charge in [-0.25, -0.2) is 0 Å². The first kappa shape index (κ1) is 13.1. The number of hydrogen-bond acceptors (Lipinski definition) is 2. The lowest BCUT2D eigenvalue weighted by molar-refractivity contribution is 0.579. The molecule has 1 aromatic carbocycles. The number of nitrogens with two attached hydrogens (primary N) is 1. The molecule has 0 radical (unpaired) electrons. The molecule has 0 saturated heterocycles. The fourth-order valence-corrected chi connectivity index (χ4v) is 3.09. The van der Waals surface area contributed by atoms with E-state index >= 15 is 0 Å². The number of rotatable bonds is 5. The summed E-state index contributed by atoms with van der Waals surface area (Å²) in [6.07, 6.45) is 6.96. The Hall–Kier alpha value is -1.33. The Labute approximate surface area is 110 Å². The Morgan fingerprint density at radius 1 is 1.44 bits per heavy atom. The number of unbranched alkanes of at least 4 members (excludes halogenated alkanes) is 1. The van der Waals surface area contributed by atoms with Crippen molar-refractivity contribution in [1.29, 1.82) is 5.26 Å². The molecule has 1 unspecified atom stereocenters. The number of nitrogens with zero attached hydrogens (tertiary/aromatic N) is 1. The van der Waals surface area contributed by atoms with E-state index < -0.39 is 0 Å². The van der Waals surface area contributed by atoms with Crippen LogP contribution in [0.2, 0.25) is 0 Å². The molecule has 0 aliphatic heterocycles. The minimum Gasteiger partial charge on any atom is -0.330 e. The summed E-state index contributed by atoms with van der Waals surface area (Å²) in [6.45, 7) is 2.88. The van der Waals surface area contributed by atoms with E-state index in [0.29, 0.717) is 12.5 Å². The average molecular weight is 242 g/mol. The summed E-state index contributed by atoms with van der Waals surface area (Å²) < 4.78 is 0. The van der Waals surface area contributed by atoms with Gasteiger partial charge in [0.25, 0.3) is 0 Å². The molecule has 0 amide bonds. The lowest BCUT2D eigenvalue weighted by atomic mass is 9.90. The van der Waals surface area contributed by atoms with Gasteiger partial charge >= 0.3 is 0 Å². The van der Waals surface area contributed by atoms with Gasteiger partial charge in [-0.15, -0.1) is 0 Å². The lowest BCUT2D eigenvalue weighted by Crippen LogP contribution is -2.05. The van der Waals surface area contributed by atoms with Crippen molar-refractivity contribution in [1.82, 2.24) is 0 Å². The van der Waals surface area contributed by atoms with E-state index in [1.165, 1.54) is 42.4 Å². The first-order valence-corrected chi connectivity index (χ1v) is 7.06. The van der Waals surface area contributed by atoms with Gasteiger partial charge in [-0.2, -0.15) is 5.26 Å². The molecular weight excluding hydrogens is 220 g/mol. The highest BCUT2D eigenvalue weighted by Gasteiger charge is 2.25. The summed E-state index contributed by atoms with van der Waals surface area (Å²) in [6, 6.07) is 6.72. The molecule has 18 heavy (non-hydrogen) atoms. The van der Waals surface area contributed by atoms with Crippen molar-refractivity contribution < 1.29 is 0 Å². The molecule has 1 aliphatic rings. The third kappa shape index (κ3) is 2.57. The van der Waals surface area contributed by atoms with Gasteiger partial charge in [-0.3, -0.25) is 0 Å². The molecule has 0 bridgehead atoms. The van der Waals surface area contributed by atoms with E-state index in [9.17, 15) is 5.26 Å². The Bertz CT molecular complexity index is 457. The molecule has 2 heteroatoms. The minimum absolute atomic E-state index is 0.613. The zero-order valence-electron chi connectivity index (χ0n) is 11.2. The third-order valence-corrected chi connectivity index (χ3v) is 3.96. The predicted octanol–water partition coefficient (Wildman–Crippen LogP) is 3.28. The molecule has 96 valence electrons. The topological polar surface area (TPSA) is 49.8 Å². The van der Waals surface area contributed by atoms with Gasteiger partial charge in [0.05, 0.1) is 11.6 Å². The number of hydrogen-bond donors (Lipinski definition) is 1. The Morgan fingerprint density at radius 3 is 2.94 bits per heavy atom. The third-order valence-electron chi connectivity index (χ3n) is 3.96. The second kappa shape index (κ2) is 6.02. The summed E-state index contributed by atoms with van der Waals surface area (Å²) in [5.41, 5.74) is 10.5. The van der Waals surface area contributed by atoms with Crippen LogP contribution in [-0.2, 0) is 12.8 Å². The van der Waals surface area contributed by atoms with Crippen LogP contribution in [0.5, 0.6) is 0 Å². The molecule has 2 rings (SSSR count). The first-order valence-electron chi connectivity index (χ1n) is 7.06. The van der Waals surface area contributed by atoms with Crippen molar-refractivity contribution in [2.75, 3.05) is 6.54 Å². The molecule has 0 aromatic heterocycles. The SMILES string of the molecule is CCCCC1CCc2cc(CCN)cc(C#N)c21. The monoisotopic (exact) mass is 242 g/mol. The quantitative estimate of drug-likeness (QED) is 0.861. The van der Waals surface area contributed by atoms with Crippen LogP contribution in [0.15, 0.2) is 12.1 Å². The maximum atomic E-state index is 9.36. The van der Waals surface area contributed by atoms with Crippen LogP contribution in [-0.4, -0.2) is 6.54 Å². The van der Waals surface area contributed by atoms with Gasteiger partial charge in [0, 0.05) is 0 Å². The summed E-state index contributed by atoms with van der Waals surface area (Å²) in [7, 11) is 0. The number of benzene rings is 1.